The summed E-state index contributed by atoms with van der Waals surface area (Å²) in [6.07, 6.45) is 2.43. The third kappa shape index (κ3) is 4.65. The van der Waals surface area contributed by atoms with E-state index < -0.39 is 0 Å². The molecule has 2 N–H and O–H groups in total. The van der Waals surface area contributed by atoms with E-state index in [1.165, 1.54) is 10.9 Å². The van der Waals surface area contributed by atoms with Crippen LogP contribution < -0.4 is 16.2 Å². The summed E-state index contributed by atoms with van der Waals surface area (Å²) in [5.74, 6) is -0.431. The van der Waals surface area contributed by atoms with Crippen molar-refractivity contribution in [3.8, 4) is 0 Å². The second-order valence-corrected chi connectivity index (χ2v) is 5.67. The van der Waals surface area contributed by atoms with Gasteiger partial charge in [-0.1, -0.05) is 19.1 Å². The maximum atomic E-state index is 12.3. The van der Waals surface area contributed by atoms with Gasteiger partial charge in [-0.2, -0.15) is 0 Å². The molecule has 1 heterocycles. The highest BCUT2D eigenvalue weighted by atomic mass is 16.2. The molecule has 1 unspecified atom stereocenters. The Morgan fingerprint density at radius 1 is 1.25 bits per heavy atom. The Labute approximate surface area is 140 Å². The van der Waals surface area contributed by atoms with Crippen LogP contribution in [0.4, 0.5) is 0 Å². The van der Waals surface area contributed by atoms with Crippen LogP contribution in [0.3, 0.4) is 0 Å². The number of fused-ring (bicyclic) bond motifs is 1. The number of aromatic nitrogens is 2. The zero-order chi connectivity index (χ0) is 17.5. The van der Waals surface area contributed by atoms with Crippen molar-refractivity contribution in [2.75, 3.05) is 6.54 Å². The first-order valence-electron chi connectivity index (χ1n) is 8.01. The summed E-state index contributed by atoms with van der Waals surface area (Å²) in [4.78, 5) is 40.0. The van der Waals surface area contributed by atoms with Gasteiger partial charge in [0.05, 0.1) is 17.2 Å². The topological polar surface area (TPSA) is 93.1 Å². The average Bonchev–Trinajstić information content (AvgIpc) is 2.57. The molecule has 0 bridgehead atoms. The quantitative estimate of drug-likeness (QED) is 0.786. The Kier molecular flexibility index (Phi) is 6.06. The summed E-state index contributed by atoms with van der Waals surface area (Å²) >= 11 is 0. The van der Waals surface area contributed by atoms with Gasteiger partial charge >= 0.3 is 0 Å². The van der Waals surface area contributed by atoms with Crippen LogP contribution >= 0.6 is 0 Å². The maximum Gasteiger partial charge on any atom is 0.261 e. The van der Waals surface area contributed by atoms with Crippen LogP contribution in [0.25, 0.3) is 10.9 Å². The molecule has 1 aromatic carbocycles. The molecule has 24 heavy (non-hydrogen) atoms. The fraction of sp³-hybridized carbons (Fsp3) is 0.412. The molecule has 7 heteroatoms. The minimum Gasteiger partial charge on any atom is -0.354 e. The molecule has 2 aromatic rings. The van der Waals surface area contributed by atoms with E-state index in [0.29, 0.717) is 10.9 Å². The van der Waals surface area contributed by atoms with Crippen molar-refractivity contribution < 1.29 is 9.59 Å². The van der Waals surface area contributed by atoms with Crippen LogP contribution in [0.5, 0.6) is 0 Å². The lowest BCUT2D eigenvalue weighted by molar-refractivity contribution is -0.123. The molecule has 0 saturated heterocycles. The molecule has 1 aromatic heterocycles. The van der Waals surface area contributed by atoms with E-state index in [1.54, 1.807) is 24.3 Å². The molecule has 0 saturated carbocycles. The normalized spacial score (nSPS) is 11.9. The van der Waals surface area contributed by atoms with Gasteiger partial charge in [0.25, 0.3) is 5.56 Å². The Balaban J connectivity index is 1.88. The first-order valence-corrected chi connectivity index (χ1v) is 8.01. The van der Waals surface area contributed by atoms with Crippen LogP contribution in [-0.2, 0) is 16.1 Å². The predicted octanol–water partition coefficient (Wildman–Crippen LogP) is 0.817. The minimum absolute atomic E-state index is 0.103. The molecule has 2 rings (SSSR count). The summed E-state index contributed by atoms with van der Waals surface area (Å²) in [6.45, 7) is 4.03. The van der Waals surface area contributed by atoms with Gasteiger partial charge < -0.3 is 10.6 Å². The van der Waals surface area contributed by atoms with Gasteiger partial charge in [-0.25, -0.2) is 4.98 Å². The van der Waals surface area contributed by atoms with Crippen molar-refractivity contribution in [3.63, 3.8) is 0 Å². The highest BCUT2D eigenvalue weighted by Gasteiger charge is 2.09. The number of hydrogen-bond donors (Lipinski definition) is 2. The zero-order valence-corrected chi connectivity index (χ0v) is 13.9. The van der Waals surface area contributed by atoms with Crippen molar-refractivity contribution in [2.45, 2.75) is 39.3 Å². The van der Waals surface area contributed by atoms with Crippen molar-refractivity contribution in [2.24, 2.45) is 0 Å². The molecule has 0 fully saturated rings. The SMILES string of the molecule is CCC(C)NC(=O)CCNC(=O)Cn1cnc2ccccc2c1=O. The Morgan fingerprint density at radius 3 is 2.75 bits per heavy atom. The van der Waals surface area contributed by atoms with Crippen molar-refractivity contribution in [1.29, 1.82) is 0 Å². The maximum absolute atomic E-state index is 12.3. The molecular weight excluding hydrogens is 308 g/mol. The summed E-state index contributed by atoms with van der Waals surface area (Å²) in [5, 5.41) is 5.94. The Hall–Kier alpha value is -2.70. The minimum atomic E-state index is -0.328. The Bertz CT molecular complexity index is 785. The number of para-hydroxylation sites is 1. The fourth-order valence-corrected chi connectivity index (χ4v) is 2.19. The molecule has 0 spiro atoms. The standard InChI is InChI=1S/C17H22N4O3/c1-3-12(2)20-15(22)8-9-18-16(23)10-21-11-19-14-7-5-4-6-13(14)17(21)24/h4-7,11-12H,3,8-10H2,1-2H3,(H,18,23)(H,20,22). The molecule has 7 nitrogen and oxygen atoms in total. The lowest BCUT2D eigenvalue weighted by Gasteiger charge is -2.11. The summed E-state index contributed by atoms with van der Waals surface area (Å²) in [6, 6.07) is 7.10. The first kappa shape index (κ1) is 17.7. The van der Waals surface area contributed by atoms with E-state index in [1.807, 2.05) is 13.8 Å². The van der Waals surface area contributed by atoms with Crippen LogP contribution in [0.1, 0.15) is 26.7 Å². The third-order valence-corrected chi connectivity index (χ3v) is 3.74. The lowest BCUT2D eigenvalue weighted by atomic mass is 10.2. The van der Waals surface area contributed by atoms with E-state index in [4.69, 9.17) is 0 Å². The summed E-state index contributed by atoms with van der Waals surface area (Å²) < 4.78 is 1.26. The van der Waals surface area contributed by atoms with Gasteiger partial charge in [-0.05, 0) is 25.5 Å². The molecule has 0 aliphatic rings. The lowest BCUT2D eigenvalue weighted by Crippen LogP contribution is -2.37. The van der Waals surface area contributed by atoms with Crippen LogP contribution in [0, 0.1) is 0 Å². The van der Waals surface area contributed by atoms with E-state index >= 15 is 0 Å². The van der Waals surface area contributed by atoms with Gasteiger partial charge in [-0.3, -0.25) is 19.0 Å². The van der Waals surface area contributed by atoms with Gasteiger partial charge in [0, 0.05) is 19.0 Å². The van der Waals surface area contributed by atoms with E-state index in [-0.39, 0.29) is 42.9 Å². The molecular formula is C17H22N4O3. The molecule has 0 radical (unpaired) electrons. The van der Waals surface area contributed by atoms with Crippen molar-refractivity contribution in [3.05, 3.63) is 40.9 Å². The van der Waals surface area contributed by atoms with E-state index in [0.717, 1.165) is 6.42 Å². The van der Waals surface area contributed by atoms with Gasteiger partial charge in [0.1, 0.15) is 6.54 Å². The number of nitrogens with zero attached hydrogens (tertiary/aromatic N) is 2. The van der Waals surface area contributed by atoms with E-state index in [9.17, 15) is 14.4 Å². The third-order valence-electron chi connectivity index (χ3n) is 3.74. The molecule has 0 aliphatic heterocycles. The van der Waals surface area contributed by atoms with Crippen LogP contribution in [0.2, 0.25) is 0 Å². The second kappa shape index (κ2) is 8.24. The molecule has 128 valence electrons. The largest absolute Gasteiger partial charge is 0.354 e. The van der Waals surface area contributed by atoms with Gasteiger partial charge in [0.2, 0.25) is 11.8 Å². The van der Waals surface area contributed by atoms with Crippen LogP contribution in [-0.4, -0.2) is 34.0 Å². The first-order chi connectivity index (χ1) is 11.5. The molecule has 1 atom stereocenters. The predicted molar refractivity (Wildman–Crippen MR) is 91.5 cm³/mol. The summed E-state index contributed by atoms with van der Waals surface area (Å²) in [7, 11) is 0. The number of carbonyl (C=O) groups is 2. The number of nitrogens with one attached hydrogen (secondary N) is 2. The van der Waals surface area contributed by atoms with Gasteiger partial charge in [0.15, 0.2) is 0 Å². The number of amides is 2. The number of rotatable bonds is 7. The van der Waals surface area contributed by atoms with E-state index in [2.05, 4.69) is 15.6 Å². The Morgan fingerprint density at radius 2 is 2.00 bits per heavy atom. The number of benzene rings is 1. The zero-order valence-electron chi connectivity index (χ0n) is 13.9. The van der Waals surface area contributed by atoms with Crippen molar-refractivity contribution in [1.82, 2.24) is 20.2 Å². The monoisotopic (exact) mass is 330 g/mol. The van der Waals surface area contributed by atoms with Crippen molar-refractivity contribution >= 4 is 22.7 Å². The highest BCUT2D eigenvalue weighted by molar-refractivity contribution is 5.80. The number of hydrogen-bond acceptors (Lipinski definition) is 4. The smallest absolute Gasteiger partial charge is 0.261 e. The van der Waals surface area contributed by atoms with Crippen LogP contribution in [0.15, 0.2) is 35.4 Å². The second-order valence-electron chi connectivity index (χ2n) is 5.67. The molecule has 0 aliphatic carbocycles. The fourth-order valence-electron chi connectivity index (χ4n) is 2.19. The highest BCUT2D eigenvalue weighted by Crippen LogP contribution is 2.04. The summed E-state index contributed by atoms with van der Waals surface area (Å²) in [5.41, 5.74) is 0.339. The molecule has 2 amide bonds. The average molecular weight is 330 g/mol. The number of carbonyl (C=O) groups excluding carboxylic acids is 2. The van der Waals surface area contributed by atoms with Gasteiger partial charge in [-0.15, -0.1) is 0 Å².